The first-order valence-electron chi connectivity index (χ1n) is 9.79. The zero-order chi connectivity index (χ0) is 20.7. The molecule has 2 amide bonds. The normalized spacial score (nSPS) is 15.8. The molecule has 0 fully saturated rings. The van der Waals surface area contributed by atoms with Gasteiger partial charge in [0.1, 0.15) is 11.9 Å². The average Bonchev–Trinajstić information content (AvgIpc) is 3.14. The summed E-state index contributed by atoms with van der Waals surface area (Å²) in [5.41, 5.74) is 4.19. The largest absolute Gasteiger partial charge is 0.356 e. The number of rotatable bonds is 2. The highest BCUT2D eigenvalue weighted by Gasteiger charge is 2.35. The first kappa shape index (κ1) is 18.9. The molecule has 0 aliphatic carbocycles. The summed E-state index contributed by atoms with van der Waals surface area (Å²) in [5, 5.41) is 4.08. The molecule has 0 saturated heterocycles. The van der Waals surface area contributed by atoms with Gasteiger partial charge in [-0.2, -0.15) is 0 Å². The molecule has 0 radical (unpaired) electrons. The van der Waals surface area contributed by atoms with Gasteiger partial charge in [-0.15, -0.1) is 0 Å². The van der Waals surface area contributed by atoms with Gasteiger partial charge in [-0.3, -0.25) is 0 Å². The molecular weight excluding hydrogens is 445 g/mol. The Balaban J connectivity index is 1.59. The fourth-order valence-corrected chi connectivity index (χ4v) is 4.47. The van der Waals surface area contributed by atoms with Gasteiger partial charge in [-0.25, -0.2) is 9.18 Å². The molecule has 0 saturated carbocycles. The number of halogens is 2. The minimum absolute atomic E-state index is 0.255. The minimum atomic E-state index is -0.530. The number of urea groups is 1. The molecule has 150 valence electrons. The third-order valence-electron chi connectivity index (χ3n) is 5.59. The van der Waals surface area contributed by atoms with E-state index < -0.39 is 6.04 Å². The Hall–Kier alpha value is -3.12. The number of aromatic nitrogens is 1. The first-order valence-corrected chi connectivity index (χ1v) is 10.6. The molecule has 1 aliphatic rings. The van der Waals surface area contributed by atoms with E-state index in [9.17, 15) is 9.18 Å². The van der Waals surface area contributed by atoms with Crippen molar-refractivity contribution in [2.24, 2.45) is 0 Å². The number of H-pyrrole nitrogens is 1. The molecule has 1 aromatic heterocycles. The van der Waals surface area contributed by atoms with E-state index in [1.165, 1.54) is 6.07 Å². The van der Waals surface area contributed by atoms with Crippen LogP contribution < -0.4 is 5.32 Å². The summed E-state index contributed by atoms with van der Waals surface area (Å²) in [6, 6.07) is 21.3. The monoisotopic (exact) mass is 463 g/mol. The van der Waals surface area contributed by atoms with E-state index in [1.807, 2.05) is 42.5 Å². The quantitative estimate of drug-likeness (QED) is 0.362. The molecule has 0 unspecified atom stereocenters. The van der Waals surface area contributed by atoms with Crippen LogP contribution in [0.15, 0.2) is 77.3 Å². The molecule has 4 aromatic rings. The van der Waals surface area contributed by atoms with Crippen molar-refractivity contribution in [1.82, 2.24) is 9.88 Å². The summed E-state index contributed by atoms with van der Waals surface area (Å²) in [5.74, 6) is -0.324. The van der Waals surface area contributed by atoms with Crippen LogP contribution in [0.4, 0.5) is 14.9 Å². The number of aromatic amines is 1. The Morgan fingerprint density at radius 3 is 2.57 bits per heavy atom. The van der Waals surface area contributed by atoms with Gasteiger partial charge in [0.2, 0.25) is 0 Å². The van der Waals surface area contributed by atoms with Crippen LogP contribution in [-0.4, -0.2) is 22.5 Å². The molecule has 6 heteroatoms. The Morgan fingerprint density at radius 1 is 1.03 bits per heavy atom. The van der Waals surface area contributed by atoms with Gasteiger partial charge < -0.3 is 15.2 Å². The van der Waals surface area contributed by atoms with Crippen LogP contribution >= 0.6 is 15.9 Å². The fourth-order valence-electron chi connectivity index (χ4n) is 4.21. The highest BCUT2D eigenvalue weighted by Crippen LogP contribution is 2.39. The summed E-state index contributed by atoms with van der Waals surface area (Å²) in [7, 11) is 0. The number of hydrogen-bond donors (Lipinski definition) is 2. The number of benzene rings is 3. The summed E-state index contributed by atoms with van der Waals surface area (Å²) in [6.07, 6.45) is 0.706. The number of amides is 2. The molecule has 5 rings (SSSR count). The van der Waals surface area contributed by atoms with Gasteiger partial charge in [0.25, 0.3) is 0 Å². The Bertz CT molecular complexity index is 1230. The number of carbonyl (C=O) groups is 1. The van der Waals surface area contributed by atoms with Crippen molar-refractivity contribution in [1.29, 1.82) is 0 Å². The standard InChI is InChI=1S/C24H19BrFN3O/c25-15-9-11-16(12-10-15)27-24(30)29-14-13-18-17-5-2-4-8-21(17)28-22(18)23(29)19-6-1-3-7-20(19)26/h1-12,23,28H,13-14H2,(H,27,30)/t23-/m1/s1. The third kappa shape index (κ3) is 3.27. The van der Waals surface area contributed by atoms with Crippen molar-refractivity contribution in [3.05, 3.63) is 99.9 Å². The maximum atomic E-state index is 14.9. The summed E-state index contributed by atoms with van der Waals surface area (Å²) >= 11 is 3.40. The van der Waals surface area contributed by atoms with Crippen molar-refractivity contribution >= 4 is 38.6 Å². The Labute approximate surface area is 181 Å². The van der Waals surface area contributed by atoms with Gasteiger partial charge >= 0.3 is 6.03 Å². The number of carbonyl (C=O) groups excluding carboxylic acids is 1. The van der Waals surface area contributed by atoms with Gasteiger partial charge in [-0.1, -0.05) is 52.3 Å². The molecule has 0 spiro atoms. The van der Waals surface area contributed by atoms with E-state index in [2.05, 4.69) is 32.3 Å². The molecule has 3 aromatic carbocycles. The molecule has 30 heavy (non-hydrogen) atoms. The zero-order valence-corrected chi connectivity index (χ0v) is 17.6. The minimum Gasteiger partial charge on any atom is -0.356 e. The van der Waals surface area contributed by atoms with Gasteiger partial charge in [0.15, 0.2) is 0 Å². The number of nitrogens with zero attached hydrogens (tertiary/aromatic N) is 1. The topological polar surface area (TPSA) is 48.1 Å². The second-order valence-electron chi connectivity index (χ2n) is 7.37. The predicted octanol–water partition coefficient (Wildman–Crippen LogP) is 6.25. The van der Waals surface area contributed by atoms with Crippen molar-refractivity contribution in [2.75, 3.05) is 11.9 Å². The van der Waals surface area contributed by atoms with Crippen molar-refractivity contribution in [2.45, 2.75) is 12.5 Å². The lowest BCUT2D eigenvalue weighted by Gasteiger charge is -2.36. The second kappa shape index (κ2) is 7.61. The maximum absolute atomic E-state index is 14.9. The summed E-state index contributed by atoms with van der Waals surface area (Å²) < 4.78 is 15.8. The van der Waals surface area contributed by atoms with Crippen LogP contribution in [0.2, 0.25) is 0 Å². The molecular formula is C24H19BrFN3O. The average molecular weight is 464 g/mol. The van der Waals surface area contributed by atoms with Crippen LogP contribution in [0.1, 0.15) is 22.9 Å². The van der Waals surface area contributed by atoms with Crippen molar-refractivity contribution < 1.29 is 9.18 Å². The van der Waals surface area contributed by atoms with Crippen molar-refractivity contribution in [3.8, 4) is 0 Å². The van der Waals surface area contributed by atoms with E-state index in [-0.39, 0.29) is 11.8 Å². The zero-order valence-electron chi connectivity index (χ0n) is 16.0. The van der Waals surface area contributed by atoms with E-state index in [4.69, 9.17) is 0 Å². The van der Waals surface area contributed by atoms with E-state index >= 15 is 0 Å². The molecule has 1 atom stereocenters. The van der Waals surface area contributed by atoms with Gasteiger partial charge in [0, 0.05) is 38.9 Å². The SMILES string of the molecule is O=C(Nc1ccc(Br)cc1)N1CCc2c([nH]c3ccccc23)[C@H]1c1ccccc1F. The van der Waals surface area contributed by atoms with E-state index in [0.29, 0.717) is 24.2 Å². The first-order chi connectivity index (χ1) is 14.6. The van der Waals surface area contributed by atoms with Crippen LogP contribution in [0.25, 0.3) is 10.9 Å². The number of fused-ring (bicyclic) bond motifs is 3. The molecule has 4 nitrogen and oxygen atoms in total. The fraction of sp³-hybridized carbons (Fsp3) is 0.125. The Morgan fingerprint density at radius 2 is 1.77 bits per heavy atom. The molecule has 2 heterocycles. The van der Waals surface area contributed by atoms with Crippen LogP contribution in [0.3, 0.4) is 0 Å². The van der Waals surface area contributed by atoms with Gasteiger partial charge in [0.05, 0.1) is 0 Å². The molecule has 0 bridgehead atoms. The van der Waals surface area contributed by atoms with Crippen LogP contribution in [0.5, 0.6) is 0 Å². The third-order valence-corrected chi connectivity index (χ3v) is 6.12. The van der Waals surface area contributed by atoms with E-state index in [1.54, 1.807) is 23.1 Å². The number of anilines is 1. The number of nitrogens with one attached hydrogen (secondary N) is 2. The summed E-state index contributed by atoms with van der Waals surface area (Å²) in [4.78, 5) is 18.4. The van der Waals surface area contributed by atoms with Gasteiger partial charge in [-0.05, 0) is 48.4 Å². The van der Waals surface area contributed by atoms with E-state index in [0.717, 1.165) is 26.6 Å². The van der Waals surface area contributed by atoms with Crippen molar-refractivity contribution in [3.63, 3.8) is 0 Å². The van der Waals surface area contributed by atoms with Crippen LogP contribution in [-0.2, 0) is 6.42 Å². The lowest BCUT2D eigenvalue weighted by Crippen LogP contribution is -2.43. The summed E-state index contributed by atoms with van der Waals surface area (Å²) in [6.45, 7) is 0.496. The lowest BCUT2D eigenvalue weighted by molar-refractivity contribution is 0.192. The molecule has 1 aliphatic heterocycles. The maximum Gasteiger partial charge on any atom is 0.322 e. The highest BCUT2D eigenvalue weighted by atomic mass is 79.9. The highest BCUT2D eigenvalue weighted by molar-refractivity contribution is 9.10. The lowest BCUT2D eigenvalue weighted by atomic mass is 9.92. The predicted molar refractivity (Wildman–Crippen MR) is 120 cm³/mol. The second-order valence-corrected chi connectivity index (χ2v) is 8.28. The van der Waals surface area contributed by atoms with Crippen LogP contribution in [0, 0.1) is 5.82 Å². The smallest absolute Gasteiger partial charge is 0.322 e. The number of hydrogen-bond acceptors (Lipinski definition) is 1. The number of para-hydroxylation sites is 1. The Kier molecular flexibility index (Phi) is 4.79. The molecule has 2 N–H and O–H groups in total.